The van der Waals surface area contributed by atoms with Crippen LogP contribution in [0.15, 0.2) is 18.2 Å². The molecule has 2 amide bonds. The largest absolute Gasteiger partial charge is 0.481 e. The number of benzene rings is 1. The maximum absolute atomic E-state index is 12.9. The van der Waals surface area contributed by atoms with Crippen molar-refractivity contribution in [3.63, 3.8) is 0 Å². The maximum atomic E-state index is 12.9. The molecule has 0 aliphatic carbocycles. The normalized spacial score (nSPS) is 20.9. The number of piperidine rings is 1. The highest BCUT2D eigenvalue weighted by atomic mass is 16.4. The fourth-order valence-electron chi connectivity index (χ4n) is 3.11. The van der Waals surface area contributed by atoms with E-state index >= 15 is 0 Å². The van der Waals surface area contributed by atoms with Crippen molar-refractivity contribution >= 4 is 23.5 Å². The molecule has 6 heteroatoms. The second kappa shape index (κ2) is 6.81. The standard InChI is InChI=1S/C17H22N2O4/c1-10-13(6-4-8-15(10)18-12(3)20)16(21)19-9-5-7-14(11(19)2)17(22)23/h4,6,8,11,14H,5,7,9H2,1-3H3,(H,18,20)(H,22,23)/t11-,14-/m1/s1. The van der Waals surface area contributed by atoms with Gasteiger partial charge in [-0.3, -0.25) is 14.4 Å². The van der Waals surface area contributed by atoms with E-state index in [0.29, 0.717) is 36.2 Å². The molecule has 6 nitrogen and oxygen atoms in total. The van der Waals surface area contributed by atoms with E-state index in [0.717, 1.165) is 0 Å². The predicted molar refractivity (Wildman–Crippen MR) is 86.3 cm³/mol. The first-order valence-electron chi connectivity index (χ1n) is 7.74. The lowest BCUT2D eigenvalue weighted by Gasteiger charge is -2.37. The molecule has 2 rings (SSSR count). The Labute approximate surface area is 135 Å². The number of carboxylic acid groups (broad SMARTS) is 1. The van der Waals surface area contributed by atoms with Crippen LogP contribution in [0.25, 0.3) is 0 Å². The highest BCUT2D eigenvalue weighted by Crippen LogP contribution is 2.27. The zero-order valence-electron chi connectivity index (χ0n) is 13.6. The second-order valence-corrected chi connectivity index (χ2v) is 5.99. The third-order valence-electron chi connectivity index (χ3n) is 4.44. The summed E-state index contributed by atoms with van der Waals surface area (Å²) >= 11 is 0. The van der Waals surface area contributed by atoms with Crippen LogP contribution in [-0.4, -0.2) is 40.4 Å². The molecule has 2 N–H and O–H groups in total. The van der Waals surface area contributed by atoms with Crippen LogP contribution >= 0.6 is 0 Å². The first kappa shape index (κ1) is 17.0. The number of hydrogen-bond donors (Lipinski definition) is 2. The van der Waals surface area contributed by atoms with E-state index in [-0.39, 0.29) is 17.9 Å². The van der Waals surface area contributed by atoms with Gasteiger partial charge in [-0.2, -0.15) is 0 Å². The summed E-state index contributed by atoms with van der Waals surface area (Å²) in [5.74, 6) is -1.78. The maximum Gasteiger partial charge on any atom is 0.308 e. The van der Waals surface area contributed by atoms with Gasteiger partial charge in [0.05, 0.1) is 5.92 Å². The van der Waals surface area contributed by atoms with Crippen LogP contribution in [0.5, 0.6) is 0 Å². The van der Waals surface area contributed by atoms with E-state index in [4.69, 9.17) is 0 Å². The highest BCUT2D eigenvalue weighted by Gasteiger charge is 2.36. The van der Waals surface area contributed by atoms with E-state index in [9.17, 15) is 19.5 Å². The van der Waals surface area contributed by atoms with Gasteiger partial charge in [-0.15, -0.1) is 0 Å². The molecule has 0 aromatic heterocycles. The van der Waals surface area contributed by atoms with Crippen molar-refractivity contribution in [1.29, 1.82) is 0 Å². The molecule has 0 radical (unpaired) electrons. The quantitative estimate of drug-likeness (QED) is 0.895. The zero-order chi connectivity index (χ0) is 17.1. The summed E-state index contributed by atoms with van der Waals surface area (Å²) in [6, 6.07) is 4.82. The van der Waals surface area contributed by atoms with Gasteiger partial charge in [0.25, 0.3) is 5.91 Å². The molecule has 0 saturated carbocycles. The molecule has 1 aromatic rings. The van der Waals surface area contributed by atoms with Crippen LogP contribution in [0.4, 0.5) is 5.69 Å². The number of carbonyl (C=O) groups is 3. The van der Waals surface area contributed by atoms with Crippen LogP contribution in [0.3, 0.4) is 0 Å². The third kappa shape index (κ3) is 3.52. The molecule has 2 atom stereocenters. The molecule has 23 heavy (non-hydrogen) atoms. The molecule has 1 fully saturated rings. The number of carbonyl (C=O) groups excluding carboxylic acids is 2. The average Bonchev–Trinajstić information content (AvgIpc) is 2.48. The van der Waals surface area contributed by atoms with E-state index < -0.39 is 11.9 Å². The lowest BCUT2D eigenvalue weighted by molar-refractivity contribution is -0.145. The molecule has 1 aliphatic rings. The topological polar surface area (TPSA) is 86.7 Å². The molecule has 124 valence electrons. The van der Waals surface area contributed by atoms with Crippen LogP contribution in [0.1, 0.15) is 42.6 Å². The van der Waals surface area contributed by atoms with Gasteiger partial charge in [-0.25, -0.2) is 0 Å². The van der Waals surface area contributed by atoms with Crippen molar-refractivity contribution in [1.82, 2.24) is 4.90 Å². The first-order valence-corrected chi connectivity index (χ1v) is 7.74. The molecule has 0 unspecified atom stereocenters. The molecular formula is C17H22N2O4. The van der Waals surface area contributed by atoms with E-state index in [1.807, 2.05) is 0 Å². The summed E-state index contributed by atoms with van der Waals surface area (Å²) in [6.45, 7) is 5.52. The van der Waals surface area contributed by atoms with Gasteiger partial charge < -0.3 is 15.3 Å². The molecule has 0 bridgehead atoms. The number of anilines is 1. The SMILES string of the molecule is CC(=O)Nc1cccc(C(=O)N2CCC[C@@H](C(=O)O)[C@H]2C)c1C. The van der Waals surface area contributed by atoms with Gasteiger partial charge in [0.2, 0.25) is 5.91 Å². The fourth-order valence-corrected chi connectivity index (χ4v) is 3.11. The summed E-state index contributed by atoms with van der Waals surface area (Å²) in [7, 11) is 0. The molecular weight excluding hydrogens is 296 g/mol. The van der Waals surface area contributed by atoms with Gasteiger partial charge in [0.15, 0.2) is 0 Å². The lowest BCUT2D eigenvalue weighted by atomic mass is 9.89. The van der Waals surface area contributed by atoms with Crippen molar-refractivity contribution in [2.24, 2.45) is 5.92 Å². The van der Waals surface area contributed by atoms with E-state index in [1.165, 1.54) is 6.92 Å². The number of nitrogens with one attached hydrogen (secondary N) is 1. The lowest BCUT2D eigenvalue weighted by Crippen LogP contribution is -2.49. The number of amides is 2. The van der Waals surface area contributed by atoms with Crippen molar-refractivity contribution in [3.05, 3.63) is 29.3 Å². The number of aliphatic carboxylic acids is 1. The van der Waals surface area contributed by atoms with Crippen LogP contribution < -0.4 is 5.32 Å². The highest BCUT2D eigenvalue weighted by molar-refractivity contribution is 5.99. The predicted octanol–water partition coefficient (Wildman–Crippen LogP) is 2.28. The summed E-state index contributed by atoms with van der Waals surface area (Å²) in [6.07, 6.45) is 1.27. The van der Waals surface area contributed by atoms with Crippen LogP contribution in [0, 0.1) is 12.8 Å². The van der Waals surface area contributed by atoms with Crippen molar-refractivity contribution in [2.75, 3.05) is 11.9 Å². The number of hydrogen-bond acceptors (Lipinski definition) is 3. The third-order valence-corrected chi connectivity index (χ3v) is 4.44. The van der Waals surface area contributed by atoms with Crippen molar-refractivity contribution < 1.29 is 19.5 Å². The monoisotopic (exact) mass is 318 g/mol. The summed E-state index contributed by atoms with van der Waals surface area (Å²) in [5, 5.41) is 12.0. The summed E-state index contributed by atoms with van der Waals surface area (Å²) in [4.78, 5) is 37.1. The van der Waals surface area contributed by atoms with Crippen LogP contribution in [-0.2, 0) is 9.59 Å². The molecule has 1 aliphatic heterocycles. The summed E-state index contributed by atoms with van der Waals surface area (Å²) < 4.78 is 0. The first-order chi connectivity index (χ1) is 10.8. The minimum Gasteiger partial charge on any atom is -0.481 e. The number of carboxylic acids is 1. The summed E-state index contributed by atoms with van der Waals surface area (Å²) in [5.41, 5.74) is 1.79. The number of nitrogens with zero attached hydrogens (tertiary/aromatic N) is 1. The average molecular weight is 318 g/mol. The van der Waals surface area contributed by atoms with Crippen LogP contribution in [0.2, 0.25) is 0 Å². The molecule has 1 heterocycles. The second-order valence-electron chi connectivity index (χ2n) is 5.99. The van der Waals surface area contributed by atoms with Gasteiger partial charge in [-0.05, 0) is 44.4 Å². The van der Waals surface area contributed by atoms with Gasteiger partial charge in [0.1, 0.15) is 0 Å². The Morgan fingerprint density at radius 1 is 1.30 bits per heavy atom. The Morgan fingerprint density at radius 2 is 2.00 bits per heavy atom. The Bertz CT molecular complexity index is 641. The zero-order valence-corrected chi connectivity index (χ0v) is 13.6. The van der Waals surface area contributed by atoms with E-state index in [1.54, 1.807) is 36.9 Å². The van der Waals surface area contributed by atoms with E-state index in [2.05, 4.69) is 5.32 Å². The van der Waals surface area contributed by atoms with Gasteiger partial charge in [0, 0.05) is 30.8 Å². The smallest absolute Gasteiger partial charge is 0.308 e. The van der Waals surface area contributed by atoms with Crippen molar-refractivity contribution in [3.8, 4) is 0 Å². The molecule has 1 aromatic carbocycles. The minimum absolute atomic E-state index is 0.187. The fraction of sp³-hybridized carbons (Fsp3) is 0.471. The number of likely N-dealkylation sites (tertiary alicyclic amines) is 1. The van der Waals surface area contributed by atoms with Gasteiger partial charge >= 0.3 is 5.97 Å². The Balaban J connectivity index is 2.29. The Kier molecular flexibility index (Phi) is 5.03. The number of rotatable bonds is 3. The molecule has 1 saturated heterocycles. The molecule has 0 spiro atoms. The van der Waals surface area contributed by atoms with Gasteiger partial charge in [-0.1, -0.05) is 6.07 Å². The van der Waals surface area contributed by atoms with Crippen molar-refractivity contribution in [2.45, 2.75) is 39.7 Å². The Hall–Kier alpha value is -2.37. The Morgan fingerprint density at radius 3 is 2.61 bits per heavy atom. The minimum atomic E-state index is -0.862.